The van der Waals surface area contributed by atoms with Crippen molar-refractivity contribution in [3.63, 3.8) is 0 Å². The minimum Gasteiger partial charge on any atom is -0.403 e. The largest absolute Gasteiger partial charge is 0.458 e. The Labute approximate surface area is 99.0 Å². The average molecular weight is 226 g/mol. The summed E-state index contributed by atoms with van der Waals surface area (Å²) in [5.74, 6) is 0.600. The van der Waals surface area contributed by atoms with E-state index in [0.717, 1.165) is 19.5 Å². The monoisotopic (exact) mass is 226 g/mol. The Morgan fingerprint density at radius 1 is 1.12 bits per heavy atom. The van der Waals surface area contributed by atoms with E-state index in [1.807, 2.05) is 0 Å². The first-order chi connectivity index (χ1) is 7.41. The fraction of sp³-hybridized carbons (Fsp3) is 1.00. The molecule has 0 spiro atoms. The molecule has 16 heavy (non-hydrogen) atoms. The van der Waals surface area contributed by atoms with E-state index in [4.69, 9.17) is 14.0 Å². The Bertz CT molecular complexity index is 231. The van der Waals surface area contributed by atoms with E-state index in [-0.39, 0.29) is 18.3 Å². The number of hydrogen-bond donors (Lipinski definition) is 0. The molecule has 0 aromatic heterocycles. The molecular weight excluding hydrogens is 203 g/mol. The van der Waals surface area contributed by atoms with Gasteiger partial charge in [-0.15, -0.1) is 0 Å². The van der Waals surface area contributed by atoms with Gasteiger partial charge in [-0.2, -0.15) is 0 Å². The highest BCUT2D eigenvalue weighted by molar-refractivity contribution is 6.45. The van der Waals surface area contributed by atoms with E-state index in [1.54, 1.807) is 0 Å². The molecule has 2 heterocycles. The maximum atomic E-state index is 5.99. The van der Waals surface area contributed by atoms with Gasteiger partial charge in [0.2, 0.25) is 0 Å². The Hall–Kier alpha value is -0.0551. The number of rotatable bonds is 2. The van der Waals surface area contributed by atoms with Crippen molar-refractivity contribution in [1.29, 1.82) is 0 Å². The van der Waals surface area contributed by atoms with Crippen molar-refractivity contribution in [1.82, 2.24) is 0 Å². The fourth-order valence-electron chi connectivity index (χ4n) is 2.33. The molecular formula is C12H23BO3. The van der Waals surface area contributed by atoms with Crippen LogP contribution in [0.2, 0.25) is 6.32 Å². The lowest BCUT2D eigenvalue weighted by Crippen LogP contribution is -2.41. The minimum absolute atomic E-state index is 0.0586. The number of ether oxygens (including phenoxy) is 1. The molecule has 2 rings (SSSR count). The zero-order valence-electron chi connectivity index (χ0n) is 10.9. The van der Waals surface area contributed by atoms with Crippen molar-refractivity contribution < 1.29 is 14.0 Å². The Balaban J connectivity index is 1.88. The summed E-state index contributed by atoms with van der Waals surface area (Å²) in [6.45, 7) is 10.2. The first kappa shape index (κ1) is 12.4. The molecule has 0 aromatic rings. The molecule has 0 radical (unpaired) electrons. The molecule has 0 N–H and O–H groups in total. The van der Waals surface area contributed by atoms with Gasteiger partial charge in [-0.25, -0.2) is 0 Å². The van der Waals surface area contributed by atoms with Crippen LogP contribution in [0.1, 0.15) is 40.5 Å². The molecule has 2 aliphatic rings. The summed E-state index contributed by atoms with van der Waals surface area (Å²) in [5.41, 5.74) is -0.402. The van der Waals surface area contributed by atoms with Gasteiger partial charge < -0.3 is 14.0 Å². The molecule has 4 heteroatoms. The van der Waals surface area contributed by atoms with Gasteiger partial charge in [0.1, 0.15) is 0 Å². The van der Waals surface area contributed by atoms with Gasteiger partial charge in [-0.3, -0.25) is 0 Å². The lowest BCUT2D eigenvalue weighted by molar-refractivity contribution is 0.00578. The van der Waals surface area contributed by atoms with Gasteiger partial charge in [0.25, 0.3) is 0 Å². The zero-order chi connectivity index (χ0) is 11.8. The van der Waals surface area contributed by atoms with Gasteiger partial charge in [-0.05, 0) is 52.8 Å². The molecule has 2 aliphatic heterocycles. The Kier molecular flexibility index (Phi) is 3.35. The molecule has 0 bridgehead atoms. The molecule has 3 nitrogen and oxygen atoms in total. The normalized spacial score (nSPS) is 33.0. The topological polar surface area (TPSA) is 27.7 Å². The van der Waals surface area contributed by atoms with Crippen LogP contribution in [-0.4, -0.2) is 31.5 Å². The second kappa shape index (κ2) is 4.32. The summed E-state index contributed by atoms with van der Waals surface area (Å²) in [5, 5.41) is 0. The van der Waals surface area contributed by atoms with E-state index >= 15 is 0 Å². The SMILES string of the molecule is CC1(C)OB(C[C@H]2CCCOC2)OC1(C)C. The van der Waals surface area contributed by atoms with Gasteiger partial charge in [0.15, 0.2) is 0 Å². The second-order valence-electron chi connectivity index (χ2n) is 6.00. The highest BCUT2D eigenvalue weighted by atomic mass is 16.7. The fourth-order valence-corrected chi connectivity index (χ4v) is 2.33. The molecule has 2 fully saturated rings. The quantitative estimate of drug-likeness (QED) is 0.677. The first-order valence-electron chi connectivity index (χ1n) is 6.34. The van der Waals surface area contributed by atoms with Crippen molar-refractivity contribution in [3.8, 4) is 0 Å². The third-order valence-corrected chi connectivity index (χ3v) is 4.08. The maximum Gasteiger partial charge on any atom is 0.458 e. The number of hydrogen-bond acceptors (Lipinski definition) is 3. The van der Waals surface area contributed by atoms with Gasteiger partial charge in [0.05, 0.1) is 11.2 Å². The van der Waals surface area contributed by atoms with Crippen LogP contribution in [-0.2, 0) is 14.0 Å². The van der Waals surface area contributed by atoms with Crippen molar-refractivity contribution in [3.05, 3.63) is 0 Å². The van der Waals surface area contributed by atoms with Crippen molar-refractivity contribution in [2.24, 2.45) is 5.92 Å². The highest BCUT2D eigenvalue weighted by Gasteiger charge is 2.51. The smallest absolute Gasteiger partial charge is 0.403 e. The summed E-state index contributed by atoms with van der Waals surface area (Å²) in [6.07, 6.45) is 3.38. The van der Waals surface area contributed by atoms with Crippen molar-refractivity contribution in [2.45, 2.75) is 58.1 Å². The molecule has 0 aliphatic carbocycles. The van der Waals surface area contributed by atoms with E-state index in [0.29, 0.717) is 5.92 Å². The van der Waals surface area contributed by atoms with E-state index < -0.39 is 0 Å². The summed E-state index contributed by atoms with van der Waals surface area (Å²) in [7, 11) is -0.0586. The van der Waals surface area contributed by atoms with Crippen LogP contribution in [0.5, 0.6) is 0 Å². The zero-order valence-corrected chi connectivity index (χ0v) is 10.9. The molecule has 0 unspecified atom stereocenters. The molecule has 2 saturated heterocycles. The summed E-state index contributed by atoms with van der Waals surface area (Å²) in [6, 6.07) is 0. The molecule has 0 amide bonds. The van der Waals surface area contributed by atoms with Crippen LogP contribution >= 0.6 is 0 Å². The predicted molar refractivity (Wildman–Crippen MR) is 64.4 cm³/mol. The predicted octanol–water partition coefficient (Wildman–Crippen LogP) is 2.51. The second-order valence-corrected chi connectivity index (χ2v) is 6.00. The van der Waals surface area contributed by atoms with Crippen molar-refractivity contribution in [2.75, 3.05) is 13.2 Å². The highest BCUT2D eigenvalue weighted by Crippen LogP contribution is 2.39. The van der Waals surface area contributed by atoms with Crippen LogP contribution in [0.25, 0.3) is 0 Å². The molecule has 1 atom stereocenters. The first-order valence-corrected chi connectivity index (χ1v) is 6.34. The van der Waals surface area contributed by atoms with Crippen molar-refractivity contribution >= 4 is 7.12 Å². The Morgan fingerprint density at radius 3 is 2.25 bits per heavy atom. The van der Waals surface area contributed by atoms with Crippen LogP contribution in [0.3, 0.4) is 0 Å². The summed E-state index contributed by atoms with van der Waals surface area (Å²) < 4.78 is 17.5. The molecule has 92 valence electrons. The molecule has 0 saturated carbocycles. The standard InChI is InChI=1S/C12H23BO3/c1-11(2)12(3,4)16-13(15-11)8-10-6-5-7-14-9-10/h10H,5-9H2,1-4H3/t10-/m1/s1. The van der Waals surface area contributed by atoms with E-state index in [1.165, 1.54) is 12.8 Å². The van der Waals surface area contributed by atoms with Gasteiger partial charge in [-0.1, -0.05) is 0 Å². The van der Waals surface area contributed by atoms with Crippen LogP contribution < -0.4 is 0 Å². The summed E-state index contributed by atoms with van der Waals surface area (Å²) >= 11 is 0. The van der Waals surface area contributed by atoms with E-state index in [2.05, 4.69) is 27.7 Å². The van der Waals surface area contributed by atoms with Gasteiger partial charge >= 0.3 is 7.12 Å². The average Bonchev–Trinajstić information content (AvgIpc) is 2.36. The lowest BCUT2D eigenvalue weighted by Gasteiger charge is -2.32. The third kappa shape index (κ3) is 2.44. The lowest BCUT2D eigenvalue weighted by atomic mass is 9.75. The maximum absolute atomic E-state index is 5.99. The van der Waals surface area contributed by atoms with Crippen LogP contribution in [0, 0.1) is 5.92 Å². The van der Waals surface area contributed by atoms with Gasteiger partial charge in [0, 0.05) is 13.2 Å². The Morgan fingerprint density at radius 2 is 1.75 bits per heavy atom. The third-order valence-electron chi connectivity index (χ3n) is 4.08. The molecule has 0 aromatic carbocycles. The van der Waals surface area contributed by atoms with Crippen LogP contribution in [0.4, 0.5) is 0 Å². The summed E-state index contributed by atoms with van der Waals surface area (Å²) in [4.78, 5) is 0. The van der Waals surface area contributed by atoms with Crippen LogP contribution in [0.15, 0.2) is 0 Å². The van der Waals surface area contributed by atoms with E-state index in [9.17, 15) is 0 Å². The minimum atomic E-state index is -0.201.